The standard InChI is InChI=1S/C16H28N2O2/c1-4-7-8-9-10-11-12-17-13-14(16(20)15(13)19)18(5-2)6-3/h17H,4-12H2,1-3H3. The van der Waals surface area contributed by atoms with Crippen molar-refractivity contribution >= 4 is 11.4 Å². The van der Waals surface area contributed by atoms with E-state index in [-0.39, 0.29) is 10.9 Å². The van der Waals surface area contributed by atoms with Gasteiger partial charge in [0.25, 0.3) is 10.9 Å². The molecule has 0 aliphatic rings. The first kappa shape index (κ1) is 16.7. The number of unbranched alkanes of at least 4 members (excludes halogenated alkanes) is 5. The first-order valence-electron chi connectivity index (χ1n) is 7.99. The van der Waals surface area contributed by atoms with Gasteiger partial charge in [-0.25, -0.2) is 0 Å². The van der Waals surface area contributed by atoms with Crippen LogP contribution in [0.2, 0.25) is 0 Å². The van der Waals surface area contributed by atoms with Crippen LogP contribution in [0.1, 0.15) is 59.3 Å². The smallest absolute Gasteiger partial charge is 0.253 e. The summed E-state index contributed by atoms with van der Waals surface area (Å²) in [5.41, 5.74) is 0.440. The molecular formula is C16H28N2O2. The topological polar surface area (TPSA) is 49.4 Å². The van der Waals surface area contributed by atoms with E-state index in [1.54, 1.807) is 0 Å². The van der Waals surface area contributed by atoms with Gasteiger partial charge in [0.05, 0.1) is 0 Å². The van der Waals surface area contributed by atoms with Crippen molar-refractivity contribution in [1.82, 2.24) is 0 Å². The highest BCUT2D eigenvalue weighted by molar-refractivity contribution is 5.75. The van der Waals surface area contributed by atoms with E-state index in [4.69, 9.17) is 0 Å². The van der Waals surface area contributed by atoms with Gasteiger partial charge in [-0.3, -0.25) is 9.59 Å². The van der Waals surface area contributed by atoms with E-state index in [2.05, 4.69) is 12.2 Å². The lowest BCUT2D eigenvalue weighted by Gasteiger charge is -2.25. The van der Waals surface area contributed by atoms with E-state index < -0.39 is 0 Å². The van der Waals surface area contributed by atoms with Crippen LogP contribution in [-0.2, 0) is 0 Å². The highest BCUT2D eigenvalue weighted by Crippen LogP contribution is 2.19. The summed E-state index contributed by atoms with van der Waals surface area (Å²) in [5, 5.41) is 3.16. The van der Waals surface area contributed by atoms with E-state index >= 15 is 0 Å². The number of nitrogens with zero attached hydrogens (tertiary/aromatic N) is 1. The molecule has 4 heteroatoms. The van der Waals surface area contributed by atoms with Crippen LogP contribution in [0.4, 0.5) is 11.4 Å². The molecule has 1 aromatic rings. The van der Waals surface area contributed by atoms with Gasteiger partial charge in [-0.2, -0.15) is 0 Å². The van der Waals surface area contributed by atoms with Gasteiger partial charge in [-0.15, -0.1) is 0 Å². The molecular weight excluding hydrogens is 252 g/mol. The first-order valence-corrected chi connectivity index (χ1v) is 7.99. The lowest BCUT2D eigenvalue weighted by molar-refractivity contribution is 0.617. The van der Waals surface area contributed by atoms with E-state index in [1.807, 2.05) is 18.7 Å². The van der Waals surface area contributed by atoms with Gasteiger partial charge in [-0.1, -0.05) is 39.0 Å². The second-order valence-corrected chi connectivity index (χ2v) is 5.25. The van der Waals surface area contributed by atoms with Crippen molar-refractivity contribution in [3.63, 3.8) is 0 Å². The molecule has 20 heavy (non-hydrogen) atoms. The van der Waals surface area contributed by atoms with Crippen molar-refractivity contribution in [1.29, 1.82) is 0 Å². The molecule has 0 heterocycles. The molecule has 0 saturated carbocycles. The number of rotatable bonds is 11. The number of nitrogens with one attached hydrogen (secondary N) is 1. The normalized spacial score (nSPS) is 10.9. The highest BCUT2D eigenvalue weighted by atomic mass is 16.2. The van der Waals surface area contributed by atoms with Crippen LogP contribution in [0, 0.1) is 0 Å². The summed E-state index contributed by atoms with van der Waals surface area (Å²) in [6.07, 6.45) is 7.35. The molecule has 0 aliphatic heterocycles. The summed E-state index contributed by atoms with van der Waals surface area (Å²) in [5.74, 6) is 0. The maximum Gasteiger partial charge on any atom is 0.253 e. The minimum absolute atomic E-state index is 0.334. The van der Waals surface area contributed by atoms with Crippen molar-refractivity contribution in [3.05, 3.63) is 20.4 Å². The Morgan fingerprint density at radius 2 is 1.45 bits per heavy atom. The summed E-state index contributed by atoms with van der Waals surface area (Å²) in [6, 6.07) is 0. The molecule has 0 unspecified atom stereocenters. The highest BCUT2D eigenvalue weighted by Gasteiger charge is 2.23. The van der Waals surface area contributed by atoms with Gasteiger partial charge in [0.2, 0.25) is 0 Å². The van der Waals surface area contributed by atoms with Crippen LogP contribution in [0.25, 0.3) is 0 Å². The Balaban J connectivity index is 2.39. The molecule has 0 radical (unpaired) electrons. The Morgan fingerprint density at radius 1 is 0.850 bits per heavy atom. The van der Waals surface area contributed by atoms with E-state index in [1.165, 1.54) is 32.1 Å². The molecule has 1 aromatic carbocycles. The third kappa shape index (κ3) is 4.09. The average Bonchev–Trinajstić information content (AvgIpc) is 2.48. The van der Waals surface area contributed by atoms with Crippen LogP contribution in [0.3, 0.4) is 0 Å². The van der Waals surface area contributed by atoms with Crippen LogP contribution in [-0.4, -0.2) is 19.6 Å². The molecule has 0 aromatic heterocycles. The molecule has 0 fully saturated rings. The molecule has 114 valence electrons. The van der Waals surface area contributed by atoms with Gasteiger partial charge in [0, 0.05) is 19.6 Å². The predicted molar refractivity (Wildman–Crippen MR) is 86.8 cm³/mol. The Bertz CT molecular complexity index is 457. The predicted octanol–water partition coefficient (Wildman–Crippen LogP) is 2.90. The lowest BCUT2D eigenvalue weighted by atomic mass is 10.1. The van der Waals surface area contributed by atoms with Crippen molar-refractivity contribution in [2.75, 3.05) is 29.9 Å². The summed E-state index contributed by atoms with van der Waals surface area (Å²) in [4.78, 5) is 25.2. The van der Waals surface area contributed by atoms with Crippen molar-refractivity contribution in [2.45, 2.75) is 59.3 Å². The largest absolute Gasteiger partial charge is 0.380 e. The van der Waals surface area contributed by atoms with Crippen molar-refractivity contribution < 1.29 is 0 Å². The van der Waals surface area contributed by atoms with E-state index in [0.717, 1.165) is 26.1 Å². The van der Waals surface area contributed by atoms with Crippen molar-refractivity contribution in [3.8, 4) is 0 Å². The quantitative estimate of drug-likeness (QED) is 0.500. The Hall–Kier alpha value is -1.32. The van der Waals surface area contributed by atoms with Crippen LogP contribution >= 0.6 is 0 Å². The SMILES string of the molecule is CCCCCCCCNc1c(N(CC)CC)c(=O)c1=O. The fourth-order valence-electron chi connectivity index (χ4n) is 2.50. The molecule has 0 aliphatic carbocycles. The zero-order valence-corrected chi connectivity index (χ0v) is 13.1. The fourth-order valence-corrected chi connectivity index (χ4v) is 2.50. The Labute approximate surface area is 121 Å². The molecule has 0 spiro atoms. The molecule has 0 saturated heterocycles. The number of hydrogen-bond acceptors (Lipinski definition) is 4. The van der Waals surface area contributed by atoms with E-state index in [9.17, 15) is 9.59 Å². The molecule has 1 N–H and O–H groups in total. The Morgan fingerprint density at radius 3 is 2.05 bits per heavy atom. The van der Waals surface area contributed by atoms with Gasteiger partial charge >= 0.3 is 0 Å². The monoisotopic (exact) mass is 280 g/mol. The molecule has 1 rings (SSSR count). The zero-order chi connectivity index (χ0) is 15.0. The minimum atomic E-state index is -0.349. The van der Waals surface area contributed by atoms with Crippen molar-refractivity contribution in [2.24, 2.45) is 0 Å². The van der Waals surface area contributed by atoms with Gasteiger partial charge in [0.15, 0.2) is 0 Å². The minimum Gasteiger partial charge on any atom is -0.380 e. The summed E-state index contributed by atoms with van der Waals surface area (Å²) in [6.45, 7) is 8.50. The molecule has 0 atom stereocenters. The van der Waals surface area contributed by atoms with Gasteiger partial charge in [-0.05, 0) is 20.3 Å². The Kier molecular flexibility index (Phi) is 7.34. The fraction of sp³-hybridized carbons (Fsp3) is 0.750. The number of anilines is 2. The average molecular weight is 280 g/mol. The summed E-state index contributed by atoms with van der Waals surface area (Å²) in [7, 11) is 0. The number of hydrogen-bond donors (Lipinski definition) is 1. The van der Waals surface area contributed by atoms with Gasteiger partial charge in [0.1, 0.15) is 11.4 Å². The third-order valence-corrected chi connectivity index (χ3v) is 3.80. The van der Waals surface area contributed by atoms with E-state index in [0.29, 0.717) is 11.4 Å². The maximum atomic E-state index is 11.6. The third-order valence-electron chi connectivity index (χ3n) is 3.80. The maximum absolute atomic E-state index is 11.6. The first-order chi connectivity index (χ1) is 9.67. The second kappa shape index (κ2) is 8.77. The molecule has 0 bridgehead atoms. The van der Waals surface area contributed by atoms with Gasteiger partial charge < -0.3 is 10.2 Å². The van der Waals surface area contributed by atoms with Crippen LogP contribution < -0.4 is 21.1 Å². The molecule has 0 amide bonds. The molecule has 4 nitrogen and oxygen atoms in total. The summed E-state index contributed by atoms with van der Waals surface area (Å²) < 4.78 is 0. The van der Waals surface area contributed by atoms with Crippen LogP contribution in [0.15, 0.2) is 9.59 Å². The second-order valence-electron chi connectivity index (χ2n) is 5.25. The van der Waals surface area contributed by atoms with Crippen LogP contribution in [0.5, 0.6) is 0 Å². The lowest BCUT2D eigenvalue weighted by Crippen LogP contribution is -2.42. The summed E-state index contributed by atoms with van der Waals surface area (Å²) >= 11 is 0. The zero-order valence-electron chi connectivity index (χ0n) is 13.1.